The Kier molecular flexibility index (Phi) is 6.92. The molecule has 0 aliphatic carbocycles. The van der Waals surface area contributed by atoms with Gasteiger partial charge in [0.25, 0.3) is 0 Å². The van der Waals surface area contributed by atoms with Gasteiger partial charge in [0.2, 0.25) is 0 Å². The van der Waals surface area contributed by atoms with E-state index < -0.39 is 5.97 Å². The molecule has 7 heteroatoms. The van der Waals surface area contributed by atoms with E-state index in [0.29, 0.717) is 40.4 Å². The minimum atomic E-state index is -0.467. The summed E-state index contributed by atoms with van der Waals surface area (Å²) < 4.78 is 11.1. The summed E-state index contributed by atoms with van der Waals surface area (Å²) in [5, 5.41) is 17.6. The van der Waals surface area contributed by atoms with Gasteiger partial charge >= 0.3 is 5.97 Å². The highest BCUT2D eigenvalue weighted by Gasteiger charge is 2.16. The molecular weight excluding hydrogens is 428 g/mol. The Morgan fingerprint density at radius 3 is 2.56 bits per heavy atom. The molecule has 1 heterocycles. The Hall–Kier alpha value is -4.54. The molecule has 0 saturated heterocycles. The van der Waals surface area contributed by atoms with Crippen molar-refractivity contribution in [1.29, 1.82) is 5.26 Å². The number of hydrogen-bond donors (Lipinski definition) is 1. The van der Waals surface area contributed by atoms with Crippen LogP contribution < -0.4 is 10.5 Å². The predicted octanol–water partition coefficient (Wildman–Crippen LogP) is 4.76. The average Bonchev–Trinajstić information content (AvgIpc) is 2.89. The van der Waals surface area contributed by atoms with Gasteiger partial charge < -0.3 is 15.2 Å². The van der Waals surface area contributed by atoms with Crippen molar-refractivity contribution in [3.63, 3.8) is 0 Å². The predicted molar refractivity (Wildman–Crippen MR) is 128 cm³/mol. The van der Waals surface area contributed by atoms with Crippen LogP contribution in [0.1, 0.15) is 21.5 Å². The number of esters is 1. The molecule has 0 amide bonds. The molecule has 0 aliphatic rings. The van der Waals surface area contributed by atoms with Crippen LogP contribution >= 0.6 is 0 Å². The number of benzene rings is 3. The fraction of sp³-hybridized carbons (Fsp3) is 0.111. The first-order chi connectivity index (χ1) is 16.6. The van der Waals surface area contributed by atoms with Crippen molar-refractivity contribution in [2.75, 3.05) is 13.7 Å². The molecule has 0 fully saturated rings. The number of carbonyl (C=O) groups excluding carboxylic acids is 1. The largest absolute Gasteiger partial charge is 0.465 e. The van der Waals surface area contributed by atoms with Crippen molar-refractivity contribution in [2.45, 2.75) is 6.42 Å². The summed E-state index contributed by atoms with van der Waals surface area (Å²) in [7, 11) is 1.33. The van der Waals surface area contributed by atoms with E-state index >= 15 is 0 Å². The summed E-state index contributed by atoms with van der Waals surface area (Å²) >= 11 is 0. The lowest BCUT2D eigenvalue weighted by Crippen LogP contribution is -2.04. The molecule has 4 rings (SSSR count). The van der Waals surface area contributed by atoms with Gasteiger partial charge in [0.1, 0.15) is 11.5 Å². The summed E-state index contributed by atoms with van der Waals surface area (Å²) in [6.07, 6.45) is 2.28. The number of nitrogens with zero attached hydrogens (tertiary/aromatic N) is 3. The molecule has 0 radical (unpaired) electrons. The Morgan fingerprint density at radius 2 is 1.82 bits per heavy atom. The molecular formula is C27H22N4O3. The molecule has 4 aromatic rings. The highest BCUT2D eigenvalue weighted by atomic mass is 16.5. The van der Waals surface area contributed by atoms with E-state index in [0.717, 1.165) is 23.1 Å². The zero-order chi connectivity index (χ0) is 23.9. The van der Waals surface area contributed by atoms with Crippen molar-refractivity contribution < 1.29 is 14.3 Å². The lowest BCUT2D eigenvalue weighted by Gasteiger charge is -2.13. The number of ether oxygens (including phenoxy) is 2. The summed E-state index contributed by atoms with van der Waals surface area (Å²) in [5.74, 6) is 0.456. The van der Waals surface area contributed by atoms with E-state index in [2.05, 4.69) is 16.3 Å². The molecule has 0 bridgehead atoms. The maximum Gasteiger partial charge on any atom is 0.338 e. The smallest absolute Gasteiger partial charge is 0.338 e. The van der Waals surface area contributed by atoms with Gasteiger partial charge in [-0.1, -0.05) is 42.5 Å². The Balaban J connectivity index is 1.71. The minimum absolute atomic E-state index is 0.376. The van der Waals surface area contributed by atoms with Crippen LogP contribution in [-0.4, -0.2) is 29.8 Å². The fourth-order valence-corrected chi connectivity index (χ4v) is 3.59. The normalized spacial score (nSPS) is 10.4. The van der Waals surface area contributed by atoms with Crippen LogP contribution in [0.3, 0.4) is 0 Å². The number of nitriles is 1. The molecule has 0 unspecified atom stereocenters. The highest BCUT2D eigenvalue weighted by molar-refractivity contribution is 5.96. The van der Waals surface area contributed by atoms with E-state index in [1.54, 1.807) is 42.5 Å². The first-order valence-electron chi connectivity index (χ1n) is 10.6. The van der Waals surface area contributed by atoms with Gasteiger partial charge in [-0.05, 0) is 48.4 Å². The molecule has 2 N–H and O–H groups in total. The van der Waals surface area contributed by atoms with Crippen molar-refractivity contribution >= 4 is 5.97 Å². The highest BCUT2D eigenvalue weighted by Crippen LogP contribution is 2.35. The first kappa shape index (κ1) is 22.6. The topological polar surface area (TPSA) is 111 Å². The van der Waals surface area contributed by atoms with E-state index in [9.17, 15) is 10.1 Å². The third kappa shape index (κ3) is 4.93. The molecule has 0 aliphatic heterocycles. The maximum atomic E-state index is 12.2. The van der Waals surface area contributed by atoms with Gasteiger partial charge in [-0.2, -0.15) is 15.5 Å². The van der Waals surface area contributed by atoms with Crippen molar-refractivity contribution in [2.24, 2.45) is 5.73 Å². The Labute approximate surface area is 197 Å². The van der Waals surface area contributed by atoms with Crippen LogP contribution in [0.15, 0.2) is 79.0 Å². The van der Waals surface area contributed by atoms with Crippen LogP contribution in [0, 0.1) is 11.3 Å². The SMILES string of the molecule is COC(=O)c1ccccc1-c1cc(Oc2cc(C#N)ccc2-c2ccc(CCN)cc2)cnn1. The summed E-state index contributed by atoms with van der Waals surface area (Å²) in [5.41, 5.74) is 10.5. The first-order valence-corrected chi connectivity index (χ1v) is 10.6. The number of nitrogens with two attached hydrogens (primary N) is 1. The van der Waals surface area contributed by atoms with E-state index in [1.807, 2.05) is 30.3 Å². The second-order valence-corrected chi connectivity index (χ2v) is 7.47. The van der Waals surface area contributed by atoms with E-state index in [4.69, 9.17) is 15.2 Å². The number of rotatable bonds is 7. The van der Waals surface area contributed by atoms with Crippen LogP contribution in [0.5, 0.6) is 11.5 Å². The van der Waals surface area contributed by atoms with E-state index in [1.165, 1.54) is 13.3 Å². The van der Waals surface area contributed by atoms with Gasteiger partial charge in [0.05, 0.1) is 36.2 Å². The lowest BCUT2D eigenvalue weighted by atomic mass is 10.0. The van der Waals surface area contributed by atoms with Crippen LogP contribution in [0.2, 0.25) is 0 Å². The molecule has 34 heavy (non-hydrogen) atoms. The van der Waals surface area contributed by atoms with Crippen molar-refractivity contribution in [3.05, 3.63) is 95.7 Å². The number of methoxy groups -OCH3 is 1. The Morgan fingerprint density at radius 1 is 1.03 bits per heavy atom. The van der Waals surface area contributed by atoms with E-state index in [-0.39, 0.29) is 0 Å². The molecule has 168 valence electrons. The molecule has 0 saturated carbocycles. The van der Waals surface area contributed by atoms with Gasteiger partial charge in [-0.3, -0.25) is 0 Å². The number of carbonyl (C=O) groups is 1. The number of hydrogen-bond acceptors (Lipinski definition) is 7. The maximum absolute atomic E-state index is 12.2. The van der Waals surface area contributed by atoms with Crippen LogP contribution in [0.4, 0.5) is 0 Å². The fourth-order valence-electron chi connectivity index (χ4n) is 3.59. The second-order valence-electron chi connectivity index (χ2n) is 7.47. The summed E-state index contributed by atoms with van der Waals surface area (Å²) in [4.78, 5) is 12.2. The van der Waals surface area contributed by atoms with Crippen LogP contribution in [0.25, 0.3) is 22.4 Å². The van der Waals surface area contributed by atoms with Gasteiger partial charge in [0.15, 0.2) is 0 Å². The Bertz CT molecular complexity index is 1360. The third-order valence-electron chi connectivity index (χ3n) is 5.27. The third-order valence-corrected chi connectivity index (χ3v) is 5.27. The molecule has 0 atom stereocenters. The van der Waals surface area contributed by atoms with Crippen molar-refractivity contribution in [3.8, 4) is 40.0 Å². The molecule has 3 aromatic carbocycles. The standard InChI is InChI=1S/C27H22N4O3/c1-33-27(32)24-5-3-2-4-23(24)25-15-21(17-30-31-25)34-26-14-19(16-29)8-11-22(26)20-9-6-18(7-10-20)12-13-28/h2-11,14-15,17H,12-13,28H2,1H3. The lowest BCUT2D eigenvalue weighted by molar-refractivity contribution is 0.0601. The van der Waals surface area contributed by atoms with Gasteiger partial charge in [-0.25, -0.2) is 4.79 Å². The number of aromatic nitrogens is 2. The molecule has 0 spiro atoms. The summed E-state index contributed by atoms with van der Waals surface area (Å²) in [6.45, 7) is 0.584. The second kappa shape index (κ2) is 10.4. The van der Waals surface area contributed by atoms with Crippen molar-refractivity contribution in [1.82, 2.24) is 10.2 Å². The van der Waals surface area contributed by atoms with Crippen LogP contribution in [-0.2, 0) is 11.2 Å². The van der Waals surface area contributed by atoms with Gasteiger partial charge in [-0.15, -0.1) is 0 Å². The average molecular weight is 450 g/mol. The zero-order valence-electron chi connectivity index (χ0n) is 18.6. The summed E-state index contributed by atoms with van der Waals surface area (Å²) in [6, 6.07) is 24.2. The molecule has 7 nitrogen and oxygen atoms in total. The zero-order valence-corrected chi connectivity index (χ0v) is 18.6. The quantitative estimate of drug-likeness (QED) is 0.404. The molecule has 1 aromatic heterocycles. The minimum Gasteiger partial charge on any atom is -0.465 e. The monoisotopic (exact) mass is 450 g/mol. The van der Waals surface area contributed by atoms with Gasteiger partial charge in [0, 0.05) is 17.2 Å².